The van der Waals surface area contributed by atoms with Gasteiger partial charge in [0.1, 0.15) is 0 Å². The molecule has 0 aliphatic carbocycles. The van der Waals surface area contributed by atoms with Crippen LogP contribution in [0.25, 0.3) is 0 Å². The van der Waals surface area contributed by atoms with Crippen LogP contribution in [-0.4, -0.2) is 11.9 Å². The number of rotatable bonds is 5. The summed E-state index contributed by atoms with van der Waals surface area (Å²) in [6, 6.07) is 3.86. The Balaban J connectivity index is 0.00000400. The van der Waals surface area contributed by atoms with Crippen LogP contribution in [0.4, 0.5) is 13.2 Å². The molecule has 120 valence electrons. The topological polar surface area (TPSA) is 55.1 Å². The molecule has 0 radical (unpaired) electrons. The fourth-order valence-electron chi connectivity index (χ4n) is 1.85. The van der Waals surface area contributed by atoms with Crippen molar-refractivity contribution in [3.8, 4) is 0 Å². The minimum absolute atomic E-state index is 0. The SMILES string of the molecule is CCCC(NC(=O)[C@H](C)N)c1cccc(C(F)(F)F)c1.Cl. The lowest BCUT2D eigenvalue weighted by molar-refractivity contribution is -0.137. The quantitative estimate of drug-likeness (QED) is 0.871. The van der Waals surface area contributed by atoms with Crippen LogP contribution in [0.5, 0.6) is 0 Å². The van der Waals surface area contributed by atoms with E-state index in [1.807, 2.05) is 6.92 Å². The van der Waals surface area contributed by atoms with Crippen LogP contribution in [0.3, 0.4) is 0 Å². The van der Waals surface area contributed by atoms with Crippen LogP contribution in [-0.2, 0) is 11.0 Å². The average Bonchev–Trinajstić information content (AvgIpc) is 2.37. The Hall–Kier alpha value is -1.27. The van der Waals surface area contributed by atoms with Gasteiger partial charge < -0.3 is 11.1 Å². The van der Waals surface area contributed by atoms with Crippen LogP contribution in [0.2, 0.25) is 0 Å². The molecule has 7 heteroatoms. The highest BCUT2D eigenvalue weighted by atomic mass is 35.5. The van der Waals surface area contributed by atoms with E-state index in [2.05, 4.69) is 5.32 Å². The molecule has 0 aliphatic heterocycles. The minimum Gasteiger partial charge on any atom is -0.348 e. The lowest BCUT2D eigenvalue weighted by atomic mass is 9.99. The highest BCUT2D eigenvalue weighted by molar-refractivity contribution is 5.85. The fourth-order valence-corrected chi connectivity index (χ4v) is 1.85. The van der Waals surface area contributed by atoms with E-state index >= 15 is 0 Å². The van der Waals surface area contributed by atoms with Crippen molar-refractivity contribution in [2.75, 3.05) is 0 Å². The molecule has 0 saturated carbocycles. The van der Waals surface area contributed by atoms with Crippen molar-refractivity contribution < 1.29 is 18.0 Å². The number of halogens is 4. The van der Waals surface area contributed by atoms with E-state index in [-0.39, 0.29) is 18.3 Å². The molecule has 0 fully saturated rings. The maximum atomic E-state index is 12.7. The number of carbonyl (C=O) groups excluding carboxylic acids is 1. The zero-order chi connectivity index (χ0) is 15.3. The number of nitrogens with two attached hydrogens (primary N) is 1. The summed E-state index contributed by atoms with van der Waals surface area (Å²) >= 11 is 0. The highest BCUT2D eigenvalue weighted by Crippen LogP contribution is 2.31. The highest BCUT2D eigenvalue weighted by Gasteiger charge is 2.31. The van der Waals surface area contributed by atoms with Crippen LogP contribution in [0, 0.1) is 0 Å². The molecule has 1 rings (SSSR count). The number of carbonyl (C=O) groups is 1. The normalized spacial score (nSPS) is 14.0. The molecule has 1 aromatic rings. The third-order valence-electron chi connectivity index (χ3n) is 2.92. The summed E-state index contributed by atoms with van der Waals surface area (Å²) in [5.41, 5.74) is 5.19. The second kappa shape index (κ2) is 8.24. The number of hydrogen-bond donors (Lipinski definition) is 2. The Labute approximate surface area is 128 Å². The zero-order valence-corrected chi connectivity index (χ0v) is 12.7. The van der Waals surface area contributed by atoms with Crippen molar-refractivity contribution in [1.82, 2.24) is 5.32 Å². The largest absolute Gasteiger partial charge is 0.416 e. The van der Waals surface area contributed by atoms with E-state index in [0.717, 1.165) is 18.6 Å². The molecule has 3 nitrogen and oxygen atoms in total. The predicted molar refractivity (Wildman–Crippen MR) is 78.1 cm³/mol. The molecule has 0 bridgehead atoms. The Kier molecular flexibility index (Phi) is 7.74. The van der Waals surface area contributed by atoms with Crippen LogP contribution in [0.1, 0.15) is 43.9 Å². The third kappa shape index (κ3) is 5.93. The number of alkyl halides is 3. The summed E-state index contributed by atoms with van der Waals surface area (Å²) in [6.07, 6.45) is -3.10. The number of amides is 1. The van der Waals surface area contributed by atoms with Gasteiger partial charge in [-0.15, -0.1) is 12.4 Å². The van der Waals surface area contributed by atoms with Gasteiger partial charge in [0.15, 0.2) is 0 Å². The van der Waals surface area contributed by atoms with Gasteiger partial charge in [-0.25, -0.2) is 0 Å². The molecule has 1 amide bonds. The summed E-state index contributed by atoms with van der Waals surface area (Å²) in [5.74, 6) is -0.374. The van der Waals surface area contributed by atoms with Crippen molar-refractivity contribution in [3.63, 3.8) is 0 Å². The lowest BCUT2D eigenvalue weighted by Crippen LogP contribution is -2.40. The van der Waals surface area contributed by atoms with Crippen LogP contribution in [0.15, 0.2) is 24.3 Å². The molecule has 0 aromatic heterocycles. The summed E-state index contributed by atoms with van der Waals surface area (Å²) in [4.78, 5) is 11.6. The monoisotopic (exact) mass is 324 g/mol. The lowest BCUT2D eigenvalue weighted by Gasteiger charge is -2.21. The maximum Gasteiger partial charge on any atom is 0.416 e. The molecular formula is C14H20ClF3N2O. The predicted octanol–water partition coefficient (Wildman–Crippen LogP) is 3.43. The molecule has 21 heavy (non-hydrogen) atoms. The first-order valence-corrected chi connectivity index (χ1v) is 6.48. The van der Waals surface area contributed by atoms with E-state index in [0.29, 0.717) is 12.0 Å². The van der Waals surface area contributed by atoms with Gasteiger partial charge >= 0.3 is 6.18 Å². The molecule has 0 aliphatic rings. The van der Waals surface area contributed by atoms with Gasteiger partial charge in [-0.1, -0.05) is 25.5 Å². The second-order valence-corrected chi connectivity index (χ2v) is 4.76. The van der Waals surface area contributed by atoms with Crippen molar-refractivity contribution in [1.29, 1.82) is 0 Å². The van der Waals surface area contributed by atoms with E-state index in [1.54, 1.807) is 6.07 Å². The molecule has 0 heterocycles. The maximum absolute atomic E-state index is 12.7. The molecule has 0 spiro atoms. The number of benzene rings is 1. The van der Waals surface area contributed by atoms with Gasteiger partial charge in [-0.3, -0.25) is 4.79 Å². The van der Waals surface area contributed by atoms with Crippen LogP contribution < -0.4 is 11.1 Å². The zero-order valence-electron chi connectivity index (χ0n) is 11.9. The molecule has 3 N–H and O–H groups in total. The minimum atomic E-state index is -4.39. The summed E-state index contributed by atoms with van der Waals surface area (Å²) in [6.45, 7) is 3.43. The average molecular weight is 325 g/mol. The Morgan fingerprint density at radius 3 is 2.48 bits per heavy atom. The molecule has 1 unspecified atom stereocenters. The fraction of sp³-hybridized carbons (Fsp3) is 0.500. The standard InChI is InChI=1S/C14H19F3N2O.ClH/c1-3-5-12(19-13(20)9(2)18)10-6-4-7-11(8-10)14(15,16)17;/h4,6-9,12H,3,5,18H2,1-2H3,(H,19,20);1H/t9-,12?;/m0./s1. The summed E-state index contributed by atoms with van der Waals surface area (Å²) in [5, 5.41) is 2.68. The number of nitrogens with one attached hydrogen (secondary N) is 1. The van der Waals surface area contributed by atoms with Gasteiger partial charge in [-0.2, -0.15) is 13.2 Å². The van der Waals surface area contributed by atoms with E-state index in [4.69, 9.17) is 5.73 Å². The summed E-state index contributed by atoms with van der Waals surface area (Å²) in [7, 11) is 0. The first-order valence-electron chi connectivity index (χ1n) is 6.48. The van der Waals surface area contributed by atoms with Crippen molar-refractivity contribution >= 4 is 18.3 Å². The first-order chi connectivity index (χ1) is 9.25. The third-order valence-corrected chi connectivity index (χ3v) is 2.92. The van der Waals surface area contributed by atoms with Gasteiger partial charge in [0.2, 0.25) is 5.91 Å². The molecule has 2 atom stereocenters. The van der Waals surface area contributed by atoms with E-state index in [1.165, 1.54) is 13.0 Å². The van der Waals surface area contributed by atoms with Crippen molar-refractivity contribution in [2.24, 2.45) is 5.73 Å². The van der Waals surface area contributed by atoms with E-state index in [9.17, 15) is 18.0 Å². The molecule has 0 saturated heterocycles. The smallest absolute Gasteiger partial charge is 0.348 e. The van der Waals surface area contributed by atoms with Crippen LogP contribution >= 0.6 is 12.4 Å². The second-order valence-electron chi connectivity index (χ2n) is 4.76. The van der Waals surface area contributed by atoms with Gasteiger partial charge in [0.25, 0.3) is 0 Å². The molecule has 1 aromatic carbocycles. The van der Waals surface area contributed by atoms with Gasteiger partial charge in [0, 0.05) is 0 Å². The van der Waals surface area contributed by atoms with E-state index < -0.39 is 23.8 Å². The summed E-state index contributed by atoms with van der Waals surface area (Å²) < 4.78 is 38.1. The van der Waals surface area contributed by atoms with Crippen molar-refractivity contribution in [3.05, 3.63) is 35.4 Å². The van der Waals surface area contributed by atoms with Gasteiger partial charge in [0.05, 0.1) is 17.6 Å². The molecular weight excluding hydrogens is 305 g/mol. The Morgan fingerprint density at radius 2 is 2.00 bits per heavy atom. The number of hydrogen-bond acceptors (Lipinski definition) is 2. The van der Waals surface area contributed by atoms with Gasteiger partial charge in [-0.05, 0) is 31.0 Å². The first kappa shape index (κ1) is 19.7. The van der Waals surface area contributed by atoms with Crippen molar-refractivity contribution in [2.45, 2.75) is 44.9 Å². The Morgan fingerprint density at radius 1 is 1.38 bits per heavy atom. The Bertz CT molecular complexity index is 464.